The van der Waals surface area contributed by atoms with Crippen LogP contribution < -0.4 is 10.2 Å². The van der Waals surface area contributed by atoms with Crippen molar-refractivity contribution >= 4 is 17.3 Å². The third-order valence-corrected chi connectivity index (χ3v) is 4.26. The van der Waals surface area contributed by atoms with Crippen LogP contribution in [-0.2, 0) is 6.54 Å². The van der Waals surface area contributed by atoms with E-state index in [9.17, 15) is 0 Å². The van der Waals surface area contributed by atoms with Crippen molar-refractivity contribution in [3.8, 4) is 0 Å². The highest BCUT2D eigenvalue weighted by molar-refractivity contribution is 6.33. The molecule has 1 N–H and O–H groups in total. The Kier molecular flexibility index (Phi) is 5.12. The Morgan fingerprint density at radius 2 is 2.21 bits per heavy atom. The molecule has 1 fully saturated rings. The van der Waals surface area contributed by atoms with Crippen LogP contribution in [0.1, 0.15) is 39.2 Å². The summed E-state index contributed by atoms with van der Waals surface area (Å²) in [6.07, 6.45) is 2.55. The van der Waals surface area contributed by atoms with Crippen LogP contribution in [0.3, 0.4) is 0 Å². The van der Waals surface area contributed by atoms with Crippen LogP contribution in [0.4, 0.5) is 5.69 Å². The van der Waals surface area contributed by atoms with Gasteiger partial charge in [0.25, 0.3) is 0 Å². The monoisotopic (exact) mass is 280 g/mol. The van der Waals surface area contributed by atoms with E-state index in [1.165, 1.54) is 24.1 Å². The molecule has 0 radical (unpaired) electrons. The largest absolute Gasteiger partial charge is 0.370 e. The highest BCUT2D eigenvalue weighted by atomic mass is 35.5. The highest BCUT2D eigenvalue weighted by Gasteiger charge is 2.24. The van der Waals surface area contributed by atoms with Crippen molar-refractivity contribution in [3.05, 3.63) is 28.8 Å². The molecule has 0 spiro atoms. The van der Waals surface area contributed by atoms with Crippen LogP contribution in [-0.4, -0.2) is 19.1 Å². The standard InChI is InChI=1S/C16H25ClN2/c1-4-13-8-9-19(11-13)16-14(10-18-12(2)3)6-5-7-15(16)17/h5-7,12-13,18H,4,8-11H2,1-3H3. The summed E-state index contributed by atoms with van der Waals surface area (Å²) in [5.41, 5.74) is 2.56. The Morgan fingerprint density at radius 3 is 2.84 bits per heavy atom. The van der Waals surface area contributed by atoms with Crippen molar-refractivity contribution in [1.82, 2.24) is 5.32 Å². The first-order valence-corrected chi connectivity index (χ1v) is 7.75. The SMILES string of the molecule is CCC1CCN(c2c(Cl)cccc2CNC(C)C)C1. The van der Waals surface area contributed by atoms with Gasteiger partial charge < -0.3 is 10.2 Å². The van der Waals surface area contributed by atoms with Gasteiger partial charge in [-0.1, -0.05) is 50.9 Å². The quantitative estimate of drug-likeness (QED) is 0.874. The summed E-state index contributed by atoms with van der Waals surface area (Å²) in [7, 11) is 0. The van der Waals surface area contributed by atoms with Crippen LogP contribution >= 0.6 is 11.6 Å². The molecule has 1 atom stereocenters. The Morgan fingerprint density at radius 1 is 1.42 bits per heavy atom. The maximum atomic E-state index is 6.45. The maximum absolute atomic E-state index is 6.45. The van der Waals surface area contributed by atoms with Crippen LogP contribution in [0.15, 0.2) is 18.2 Å². The Labute approximate surface area is 122 Å². The lowest BCUT2D eigenvalue weighted by Crippen LogP contribution is -2.26. The molecular weight excluding hydrogens is 256 g/mol. The minimum Gasteiger partial charge on any atom is -0.370 e. The van der Waals surface area contributed by atoms with E-state index in [2.05, 4.69) is 43.1 Å². The number of hydrogen-bond donors (Lipinski definition) is 1. The van der Waals surface area contributed by atoms with Crippen molar-refractivity contribution in [2.45, 2.75) is 46.2 Å². The van der Waals surface area contributed by atoms with Crippen LogP contribution in [0.2, 0.25) is 5.02 Å². The van der Waals surface area contributed by atoms with E-state index in [0.29, 0.717) is 6.04 Å². The molecule has 0 aliphatic carbocycles. The third kappa shape index (κ3) is 3.64. The molecule has 0 bridgehead atoms. The second-order valence-corrected chi connectivity index (χ2v) is 6.20. The van der Waals surface area contributed by atoms with E-state index in [4.69, 9.17) is 11.6 Å². The lowest BCUT2D eigenvalue weighted by molar-refractivity contribution is 0.568. The Hall–Kier alpha value is -0.730. The zero-order chi connectivity index (χ0) is 13.8. The summed E-state index contributed by atoms with van der Waals surface area (Å²) in [5.74, 6) is 0.821. The van der Waals surface area contributed by atoms with E-state index in [1.54, 1.807) is 0 Å². The van der Waals surface area contributed by atoms with Crippen LogP contribution in [0.25, 0.3) is 0 Å². The fraction of sp³-hybridized carbons (Fsp3) is 0.625. The maximum Gasteiger partial charge on any atom is 0.0642 e. The van der Waals surface area contributed by atoms with E-state index in [-0.39, 0.29) is 0 Å². The van der Waals surface area contributed by atoms with E-state index in [1.807, 2.05) is 6.07 Å². The second-order valence-electron chi connectivity index (χ2n) is 5.79. The minimum atomic E-state index is 0.494. The van der Waals surface area contributed by atoms with Crippen molar-refractivity contribution in [3.63, 3.8) is 0 Å². The van der Waals surface area contributed by atoms with Gasteiger partial charge in [0.1, 0.15) is 0 Å². The van der Waals surface area contributed by atoms with Gasteiger partial charge in [0, 0.05) is 25.7 Å². The summed E-state index contributed by atoms with van der Waals surface area (Å²) < 4.78 is 0. The molecule has 1 unspecified atom stereocenters. The molecule has 19 heavy (non-hydrogen) atoms. The Balaban J connectivity index is 2.18. The smallest absolute Gasteiger partial charge is 0.0642 e. The lowest BCUT2D eigenvalue weighted by atomic mass is 10.1. The van der Waals surface area contributed by atoms with Gasteiger partial charge in [0.2, 0.25) is 0 Å². The first kappa shape index (κ1) is 14.7. The van der Waals surface area contributed by atoms with Crippen LogP contribution in [0, 0.1) is 5.92 Å². The number of rotatable bonds is 5. The van der Waals surface area contributed by atoms with Crippen molar-refractivity contribution in [2.24, 2.45) is 5.92 Å². The number of benzene rings is 1. The molecule has 106 valence electrons. The van der Waals surface area contributed by atoms with Gasteiger partial charge in [-0.25, -0.2) is 0 Å². The van der Waals surface area contributed by atoms with Crippen LogP contribution in [0.5, 0.6) is 0 Å². The van der Waals surface area contributed by atoms with Gasteiger partial charge in [0.05, 0.1) is 10.7 Å². The van der Waals surface area contributed by atoms with Gasteiger partial charge in [-0.2, -0.15) is 0 Å². The van der Waals surface area contributed by atoms with E-state index in [0.717, 1.165) is 30.6 Å². The van der Waals surface area contributed by atoms with E-state index < -0.39 is 0 Å². The normalized spacial score (nSPS) is 19.4. The molecular formula is C16H25ClN2. The van der Waals surface area contributed by atoms with Crippen molar-refractivity contribution < 1.29 is 0 Å². The molecule has 2 nitrogen and oxygen atoms in total. The number of hydrogen-bond acceptors (Lipinski definition) is 2. The van der Waals surface area contributed by atoms with Crippen molar-refractivity contribution in [2.75, 3.05) is 18.0 Å². The average Bonchev–Trinajstić information content (AvgIpc) is 2.84. The number of para-hydroxylation sites is 1. The zero-order valence-electron chi connectivity index (χ0n) is 12.2. The molecule has 1 saturated heterocycles. The second kappa shape index (κ2) is 6.62. The molecule has 1 aromatic carbocycles. The number of nitrogens with one attached hydrogen (secondary N) is 1. The van der Waals surface area contributed by atoms with Gasteiger partial charge >= 0.3 is 0 Å². The molecule has 0 amide bonds. The first-order valence-electron chi connectivity index (χ1n) is 7.37. The number of nitrogens with zero attached hydrogens (tertiary/aromatic N) is 1. The van der Waals surface area contributed by atoms with Crippen molar-refractivity contribution in [1.29, 1.82) is 0 Å². The third-order valence-electron chi connectivity index (χ3n) is 3.95. The first-order chi connectivity index (χ1) is 9.11. The molecule has 1 aliphatic rings. The number of halogens is 1. The molecule has 0 saturated carbocycles. The van der Waals surface area contributed by atoms with Gasteiger partial charge in [-0.3, -0.25) is 0 Å². The summed E-state index contributed by atoms with van der Waals surface area (Å²) >= 11 is 6.45. The zero-order valence-corrected chi connectivity index (χ0v) is 13.0. The van der Waals surface area contributed by atoms with E-state index >= 15 is 0 Å². The Bertz CT molecular complexity index is 417. The average molecular weight is 281 g/mol. The molecule has 2 rings (SSSR count). The fourth-order valence-corrected chi connectivity index (χ4v) is 3.05. The van der Waals surface area contributed by atoms with Gasteiger partial charge in [0.15, 0.2) is 0 Å². The predicted octanol–water partition coefficient (Wildman–Crippen LogP) is 4.07. The predicted molar refractivity (Wildman–Crippen MR) is 84.0 cm³/mol. The molecule has 1 heterocycles. The molecule has 3 heteroatoms. The summed E-state index contributed by atoms with van der Waals surface area (Å²) in [4.78, 5) is 2.47. The molecule has 0 aromatic heterocycles. The fourth-order valence-electron chi connectivity index (χ4n) is 2.74. The molecule has 1 aromatic rings. The highest BCUT2D eigenvalue weighted by Crippen LogP contribution is 2.34. The summed E-state index contributed by atoms with van der Waals surface area (Å²) in [6, 6.07) is 6.75. The topological polar surface area (TPSA) is 15.3 Å². The summed E-state index contributed by atoms with van der Waals surface area (Å²) in [5, 5.41) is 4.38. The van der Waals surface area contributed by atoms with Gasteiger partial charge in [-0.05, 0) is 24.0 Å². The lowest BCUT2D eigenvalue weighted by Gasteiger charge is -2.24. The number of anilines is 1. The van der Waals surface area contributed by atoms with Gasteiger partial charge in [-0.15, -0.1) is 0 Å². The molecule has 1 aliphatic heterocycles. The minimum absolute atomic E-state index is 0.494. The summed E-state index contributed by atoms with van der Waals surface area (Å²) in [6.45, 7) is 9.80.